The van der Waals surface area contributed by atoms with E-state index in [1.807, 2.05) is 36.4 Å². The van der Waals surface area contributed by atoms with Crippen LogP contribution >= 0.6 is 38.9 Å². The van der Waals surface area contributed by atoms with Crippen molar-refractivity contribution in [1.82, 2.24) is 4.57 Å². The van der Waals surface area contributed by atoms with E-state index in [1.54, 1.807) is 62.1 Å². The summed E-state index contributed by atoms with van der Waals surface area (Å²) < 4.78 is 19.1. The third-order valence-corrected chi connectivity index (χ3v) is 8.20. The molecule has 0 amide bonds. The molecule has 1 aliphatic heterocycles. The number of rotatable bonds is 7. The third-order valence-electron chi connectivity index (χ3n) is 6.35. The number of esters is 1. The molecular weight excluding hydrogens is 616 g/mol. The minimum absolute atomic E-state index is 0.175. The van der Waals surface area contributed by atoms with Crippen LogP contribution in [0.15, 0.2) is 86.6 Å². The van der Waals surface area contributed by atoms with Crippen molar-refractivity contribution < 1.29 is 19.0 Å². The second-order valence-electron chi connectivity index (χ2n) is 8.71. The fourth-order valence-electron chi connectivity index (χ4n) is 4.54. The molecule has 0 N–H and O–H groups in total. The zero-order valence-electron chi connectivity index (χ0n) is 21.8. The quantitative estimate of drug-likeness (QED) is 0.254. The van der Waals surface area contributed by atoms with Gasteiger partial charge in [0, 0.05) is 22.2 Å². The lowest BCUT2D eigenvalue weighted by Crippen LogP contribution is -2.40. The molecule has 0 saturated heterocycles. The Morgan fingerprint density at radius 2 is 1.77 bits per heavy atom. The first kappa shape index (κ1) is 27.9. The molecule has 1 aliphatic rings. The summed E-state index contributed by atoms with van der Waals surface area (Å²) in [5.41, 5.74) is 2.55. The molecule has 1 aromatic heterocycles. The van der Waals surface area contributed by atoms with Gasteiger partial charge < -0.3 is 14.2 Å². The predicted octanol–water partition coefficient (Wildman–Crippen LogP) is 5.37. The standard InChI is InChI=1S/C30H24BrClN2O5S/c1-4-39-29(36)25-26(17-8-6-5-7-9-17)33-30-34(27(25)18-10-12-20(32)13-11-18)28(35)24(40-30)15-19-14-21(31)23(38-3)16-22(19)37-2/h5-16,27H,4H2,1-3H3/b24-15-. The zero-order valence-corrected chi connectivity index (χ0v) is 25.0. The molecule has 0 aliphatic carbocycles. The van der Waals surface area contributed by atoms with Crippen LogP contribution < -0.4 is 24.4 Å². The number of hydrogen-bond donors (Lipinski definition) is 0. The minimum atomic E-state index is -0.783. The Kier molecular flexibility index (Phi) is 8.25. The van der Waals surface area contributed by atoms with Gasteiger partial charge in [-0.25, -0.2) is 9.79 Å². The Balaban J connectivity index is 1.82. The van der Waals surface area contributed by atoms with Gasteiger partial charge in [-0.15, -0.1) is 0 Å². The Bertz CT molecular complexity index is 1800. The highest BCUT2D eigenvalue weighted by atomic mass is 79.9. The number of carbonyl (C=O) groups excluding carboxylic acids is 1. The Morgan fingerprint density at radius 1 is 1.07 bits per heavy atom. The van der Waals surface area contributed by atoms with Crippen LogP contribution in [0.2, 0.25) is 5.02 Å². The molecule has 0 saturated carbocycles. The van der Waals surface area contributed by atoms with E-state index in [2.05, 4.69) is 15.9 Å². The van der Waals surface area contributed by atoms with E-state index in [0.29, 0.717) is 47.2 Å². The van der Waals surface area contributed by atoms with E-state index in [4.69, 9.17) is 30.8 Å². The van der Waals surface area contributed by atoms with Crippen molar-refractivity contribution >= 4 is 56.6 Å². The maximum Gasteiger partial charge on any atom is 0.338 e. The molecule has 10 heteroatoms. The van der Waals surface area contributed by atoms with E-state index >= 15 is 0 Å². The number of halogens is 2. The fraction of sp³-hybridized carbons (Fsp3) is 0.167. The number of aromatic nitrogens is 1. The highest BCUT2D eigenvalue weighted by Gasteiger charge is 2.35. The summed E-state index contributed by atoms with van der Waals surface area (Å²) in [4.78, 5) is 32.9. The van der Waals surface area contributed by atoms with Crippen LogP contribution in [0.3, 0.4) is 0 Å². The van der Waals surface area contributed by atoms with Gasteiger partial charge in [0.05, 0.1) is 47.1 Å². The van der Waals surface area contributed by atoms with Gasteiger partial charge in [0.1, 0.15) is 11.5 Å². The van der Waals surface area contributed by atoms with E-state index < -0.39 is 12.0 Å². The summed E-state index contributed by atoms with van der Waals surface area (Å²) in [6, 6.07) is 19.3. The molecule has 5 rings (SSSR count). The molecule has 40 heavy (non-hydrogen) atoms. The SMILES string of the molecule is CCOC(=O)C1=C(c2ccccc2)N=c2s/c(=C\c3cc(Br)c(OC)cc3OC)c(=O)n2C1c1ccc(Cl)cc1. The number of ether oxygens (including phenoxy) is 3. The van der Waals surface area contributed by atoms with Crippen LogP contribution in [-0.4, -0.2) is 31.4 Å². The maximum atomic E-state index is 14.0. The van der Waals surface area contributed by atoms with Crippen LogP contribution in [-0.2, 0) is 9.53 Å². The Morgan fingerprint density at radius 3 is 2.42 bits per heavy atom. The number of hydrogen-bond acceptors (Lipinski definition) is 7. The first-order valence-corrected chi connectivity index (χ1v) is 14.3. The van der Waals surface area contributed by atoms with Gasteiger partial charge in [0.25, 0.3) is 5.56 Å². The topological polar surface area (TPSA) is 79.1 Å². The van der Waals surface area contributed by atoms with E-state index in [9.17, 15) is 9.59 Å². The van der Waals surface area contributed by atoms with Crippen molar-refractivity contribution in [3.8, 4) is 11.5 Å². The van der Waals surface area contributed by atoms with E-state index in [-0.39, 0.29) is 17.7 Å². The zero-order chi connectivity index (χ0) is 28.4. The molecule has 7 nitrogen and oxygen atoms in total. The van der Waals surface area contributed by atoms with Gasteiger partial charge in [-0.05, 0) is 52.7 Å². The normalized spacial score (nSPS) is 14.9. The molecule has 0 bridgehead atoms. The highest BCUT2D eigenvalue weighted by molar-refractivity contribution is 9.10. The lowest BCUT2D eigenvalue weighted by molar-refractivity contribution is -0.138. The van der Waals surface area contributed by atoms with Gasteiger partial charge in [-0.2, -0.15) is 0 Å². The highest BCUT2D eigenvalue weighted by Crippen LogP contribution is 2.36. The summed E-state index contributed by atoms with van der Waals surface area (Å²) in [5.74, 6) is 0.599. The lowest BCUT2D eigenvalue weighted by atomic mass is 9.93. The number of benzene rings is 3. The number of methoxy groups -OCH3 is 2. The molecular formula is C30H24BrClN2O5S. The third kappa shape index (κ3) is 5.24. The van der Waals surface area contributed by atoms with Crippen molar-refractivity contribution in [2.24, 2.45) is 4.99 Å². The van der Waals surface area contributed by atoms with Crippen LogP contribution in [0.1, 0.15) is 29.7 Å². The number of nitrogens with zero attached hydrogens (tertiary/aromatic N) is 2. The second kappa shape index (κ2) is 11.8. The van der Waals surface area contributed by atoms with Crippen molar-refractivity contribution in [3.63, 3.8) is 0 Å². The lowest BCUT2D eigenvalue weighted by Gasteiger charge is -2.25. The molecule has 2 heterocycles. The van der Waals surface area contributed by atoms with Gasteiger partial charge in [-0.3, -0.25) is 9.36 Å². The first-order valence-electron chi connectivity index (χ1n) is 12.3. The Hall–Kier alpha value is -3.66. The molecule has 0 radical (unpaired) electrons. The van der Waals surface area contributed by atoms with Gasteiger partial charge in [0.2, 0.25) is 0 Å². The smallest absolute Gasteiger partial charge is 0.338 e. The second-order valence-corrected chi connectivity index (χ2v) is 11.0. The van der Waals surface area contributed by atoms with E-state index in [1.165, 1.54) is 11.3 Å². The monoisotopic (exact) mass is 638 g/mol. The van der Waals surface area contributed by atoms with Crippen molar-refractivity contribution in [2.75, 3.05) is 20.8 Å². The number of carbonyl (C=O) groups is 1. The number of fused-ring (bicyclic) bond motifs is 1. The number of thiazole rings is 1. The van der Waals surface area contributed by atoms with Gasteiger partial charge in [0.15, 0.2) is 4.80 Å². The fourth-order valence-corrected chi connectivity index (χ4v) is 6.18. The molecule has 0 spiro atoms. The molecule has 1 unspecified atom stereocenters. The summed E-state index contributed by atoms with van der Waals surface area (Å²) in [7, 11) is 3.12. The summed E-state index contributed by atoms with van der Waals surface area (Å²) in [6.07, 6.45) is 1.75. The van der Waals surface area contributed by atoms with E-state index in [0.717, 1.165) is 5.56 Å². The van der Waals surface area contributed by atoms with Crippen molar-refractivity contribution in [2.45, 2.75) is 13.0 Å². The largest absolute Gasteiger partial charge is 0.496 e. The average Bonchev–Trinajstić information content (AvgIpc) is 3.27. The maximum absolute atomic E-state index is 14.0. The van der Waals surface area contributed by atoms with Gasteiger partial charge in [-0.1, -0.05) is 65.4 Å². The first-order chi connectivity index (χ1) is 19.4. The van der Waals surface area contributed by atoms with Crippen LogP contribution in [0.4, 0.5) is 0 Å². The molecule has 3 aromatic carbocycles. The molecule has 1 atom stereocenters. The van der Waals surface area contributed by atoms with Crippen LogP contribution in [0.25, 0.3) is 11.8 Å². The van der Waals surface area contributed by atoms with Crippen molar-refractivity contribution in [1.29, 1.82) is 0 Å². The molecule has 0 fully saturated rings. The van der Waals surface area contributed by atoms with Crippen molar-refractivity contribution in [3.05, 3.63) is 118 Å². The predicted molar refractivity (Wildman–Crippen MR) is 160 cm³/mol. The Labute approximate surface area is 247 Å². The minimum Gasteiger partial charge on any atom is -0.496 e. The average molecular weight is 640 g/mol. The van der Waals surface area contributed by atoms with Crippen LogP contribution in [0, 0.1) is 0 Å². The van der Waals surface area contributed by atoms with Gasteiger partial charge >= 0.3 is 5.97 Å². The molecule has 204 valence electrons. The molecule has 4 aromatic rings. The summed E-state index contributed by atoms with van der Waals surface area (Å²) in [5, 5.41) is 0.540. The summed E-state index contributed by atoms with van der Waals surface area (Å²) in [6.45, 7) is 1.92. The summed E-state index contributed by atoms with van der Waals surface area (Å²) >= 11 is 10.9. The van der Waals surface area contributed by atoms with Crippen LogP contribution in [0.5, 0.6) is 11.5 Å².